The van der Waals surface area contributed by atoms with Crippen LogP contribution in [0.3, 0.4) is 0 Å². The molecule has 3 heterocycles. The first-order chi connectivity index (χ1) is 16.8. The van der Waals surface area contributed by atoms with Crippen molar-refractivity contribution in [1.82, 2.24) is 9.88 Å². The third-order valence-electron chi connectivity index (χ3n) is 10.0. The molecule has 7 atom stereocenters. The molecule has 182 valence electrons. The van der Waals surface area contributed by atoms with Crippen molar-refractivity contribution < 1.29 is 14.9 Å². The Hall–Kier alpha value is -2.31. The van der Waals surface area contributed by atoms with Crippen LogP contribution in [0.4, 0.5) is 0 Å². The van der Waals surface area contributed by atoms with Gasteiger partial charge in [-0.25, -0.2) is 0 Å². The van der Waals surface area contributed by atoms with Gasteiger partial charge in [0.15, 0.2) is 0 Å². The lowest BCUT2D eigenvalue weighted by atomic mass is 9.58. The predicted molar refractivity (Wildman–Crippen MR) is 137 cm³/mol. The van der Waals surface area contributed by atoms with E-state index in [-0.39, 0.29) is 17.1 Å². The number of aromatic nitrogens is 1. The maximum Gasteiger partial charge on any atom is 0.105 e. The fourth-order valence-electron chi connectivity index (χ4n) is 8.20. The Morgan fingerprint density at radius 1 is 1.09 bits per heavy atom. The molecule has 3 aliphatic carbocycles. The number of hydrogen-bond acceptors (Lipinski definition) is 5. The number of aliphatic hydroxyl groups excluding tert-OH is 2. The van der Waals surface area contributed by atoms with E-state index in [0.717, 1.165) is 37.7 Å². The highest BCUT2D eigenvalue weighted by Crippen LogP contribution is 2.67. The van der Waals surface area contributed by atoms with E-state index in [1.54, 1.807) is 0 Å². The van der Waals surface area contributed by atoms with Gasteiger partial charge in [0.2, 0.25) is 0 Å². The Bertz CT molecular complexity index is 1330. The summed E-state index contributed by atoms with van der Waals surface area (Å²) in [5, 5.41) is 24.4. The third kappa shape index (κ3) is 2.76. The fourth-order valence-corrected chi connectivity index (χ4v) is 8.20. The van der Waals surface area contributed by atoms with Crippen LogP contribution in [-0.4, -0.2) is 63.6 Å². The van der Waals surface area contributed by atoms with Crippen LogP contribution in [0.2, 0.25) is 0 Å². The Labute approximate surface area is 206 Å². The smallest absolute Gasteiger partial charge is 0.105 e. The highest BCUT2D eigenvalue weighted by molar-refractivity contribution is 5.87. The summed E-state index contributed by atoms with van der Waals surface area (Å²) in [4.78, 5) is 6.37. The van der Waals surface area contributed by atoms with E-state index in [1.165, 1.54) is 27.5 Å². The largest absolute Gasteiger partial charge is 0.388 e. The van der Waals surface area contributed by atoms with Gasteiger partial charge in [0.05, 0.1) is 17.3 Å². The number of likely N-dealkylation sites (N-methyl/N-ethyl adjacent to an activating group) is 1. The molecule has 5 aliphatic rings. The van der Waals surface area contributed by atoms with Gasteiger partial charge in [-0.05, 0) is 86.0 Å². The van der Waals surface area contributed by atoms with Gasteiger partial charge in [0.1, 0.15) is 6.10 Å². The van der Waals surface area contributed by atoms with Crippen LogP contribution >= 0.6 is 0 Å². The zero-order chi connectivity index (χ0) is 24.2. The molecule has 1 saturated heterocycles. The first-order valence-electron chi connectivity index (χ1n) is 13.0. The summed E-state index contributed by atoms with van der Waals surface area (Å²) in [6, 6.07) is 8.69. The minimum absolute atomic E-state index is 0.00992. The summed E-state index contributed by atoms with van der Waals surface area (Å²) in [5.41, 5.74) is 3.99. The van der Waals surface area contributed by atoms with Gasteiger partial charge in [-0.15, -0.1) is 0 Å². The topological polar surface area (TPSA) is 65.8 Å². The molecule has 2 fully saturated rings. The number of rotatable bonds is 2. The molecular formula is C30H34N2O3. The van der Waals surface area contributed by atoms with Crippen LogP contribution in [0.15, 0.2) is 66.0 Å². The highest BCUT2D eigenvalue weighted by atomic mass is 16.5. The molecule has 35 heavy (non-hydrogen) atoms. The van der Waals surface area contributed by atoms with E-state index in [2.05, 4.69) is 54.4 Å². The average Bonchev–Trinajstić information content (AvgIpc) is 3.37. The predicted octanol–water partition coefficient (Wildman–Crippen LogP) is 4.26. The van der Waals surface area contributed by atoms with Crippen LogP contribution in [0.25, 0.3) is 16.3 Å². The zero-order valence-electron chi connectivity index (χ0n) is 20.7. The molecule has 1 aromatic carbocycles. The van der Waals surface area contributed by atoms with Crippen molar-refractivity contribution in [3.05, 3.63) is 71.6 Å². The molecule has 5 heteroatoms. The van der Waals surface area contributed by atoms with E-state index in [9.17, 15) is 10.2 Å². The van der Waals surface area contributed by atoms with E-state index >= 15 is 0 Å². The monoisotopic (exact) mass is 470 g/mol. The van der Waals surface area contributed by atoms with Crippen molar-refractivity contribution in [2.75, 3.05) is 14.1 Å². The molecule has 0 radical (unpaired) electrons. The maximum absolute atomic E-state index is 11.1. The number of allylic oxidation sites excluding steroid dienone is 3. The summed E-state index contributed by atoms with van der Waals surface area (Å²) in [7, 11) is 3.96. The average molecular weight is 471 g/mol. The molecule has 2 N–H and O–H groups in total. The normalized spacial score (nSPS) is 41.7. The van der Waals surface area contributed by atoms with Crippen molar-refractivity contribution in [1.29, 1.82) is 0 Å². The Morgan fingerprint density at radius 3 is 2.77 bits per heavy atom. The molecule has 2 aliphatic heterocycles. The summed E-state index contributed by atoms with van der Waals surface area (Å²) < 4.78 is 7.24. The second-order valence-electron chi connectivity index (χ2n) is 11.9. The number of fused-ring (bicyclic) bond motifs is 2. The molecule has 1 saturated carbocycles. The molecule has 2 bridgehead atoms. The number of hydrogen-bond donors (Lipinski definition) is 2. The first kappa shape index (κ1) is 21.9. The van der Waals surface area contributed by atoms with E-state index in [4.69, 9.17) is 4.74 Å². The Morgan fingerprint density at radius 2 is 1.94 bits per heavy atom. The van der Waals surface area contributed by atoms with Gasteiger partial charge in [-0.2, -0.15) is 0 Å². The van der Waals surface area contributed by atoms with Gasteiger partial charge >= 0.3 is 0 Å². The summed E-state index contributed by atoms with van der Waals surface area (Å²) >= 11 is 0. The molecule has 7 rings (SSSR count). The first-order valence-corrected chi connectivity index (χ1v) is 13.0. The second kappa shape index (κ2) is 7.13. The van der Waals surface area contributed by atoms with Crippen LogP contribution in [0.1, 0.15) is 44.6 Å². The van der Waals surface area contributed by atoms with E-state index in [0.29, 0.717) is 5.92 Å². The standard InChI is InChI=1S/C30H34N2O3/c1-28-10-8-21-15-23-26(33)27(34)24(32(2)3)16-29(23)11-12-30(21,35-29)25(28)7-6-22(28)19-5-4-18-9-13-31-17-20(18)14-19/h4-6,8-9,13-15,17,24-27,33-34H,7,10-12,16H2,1-3H3/t24-,25+,26+,27?,28?,29+,30+/m0/s1. The second-order valence-corrected chi connectivity index (χ2v) is 11.9. The van der Waals surface area contributed by atoms with E-state index < -0.39 is 17.8 Å². The number of pyridine rings is 1. The summed E-state index contributed by atoms with van der Waals surface area (Å²) in [6.07, 6.45) is 13.7. The lowest BCUT2D eigenvalue weighted by Crippen LogP contribution is -2.61. The van der Waals surface area contributed by atoms with Crippen molar-refractivity contribution in [2.24, 2.45) is 11.3 Å². The molecule has 2 aromatic rings. The molecule has 5 nitrogen and oxygen atoms in total. The van der Waals surface area contributed by atoms with Gasteiger partial charge in [0, 0.05) is 35.2 Å². The zero-order valence-corrected chi connectivity index (χ0v) is 20.7. The highest BCUT2D eigenvalue weighted by Gasteiger charge is 2.67. The number of aliphatic hydroxyl groups is 2. The quantitative estimate of drug-likeness (QED) is 0.687. The van der Waals surface area contributed by atoms with E-state index in [1.807, 2.05) is 31.4 Å². The molecule has 2 spiro atoms. The minimum atomic E-state index is -0.884. The van der Waals surface area contributed by atoms with Crippen LogP contribution in [0.5, 0.6) is 0 Å². The van der Waals surface area contributed by atoms with Crippen molar-refractivity contribution in [3.8, 4) is 0 Å². The Kier molecular flexibility index (Phi) is 4.47. The molecular weight excluding hydrogens is 436 g/mol. The maximum atomic E-state index is 11.1. The van der Waals surface area contributed by atoms with Crippen LogP contribution in [0, 0.1) is 11.3 Å². The summed E-state index contributed by atoms with van der Waals surface area (Å²) in [6.45, 7) is 2.42. The number of nitrogens with zero attached hydrogens (tertiary/aromatic N) is 2. The minimum Gasteiger partial charge on any atom is -0.388 e. The van der Waals surface area contributed by atoms with Crippen LogP contribution < -0.4 is 0 Å². The van der Waals surface area contributed by atoms with Crippen LogP contribution in [-0.2, 0) is 4.74 Å². The number of ether oxygens (including phenoxy) is 1. The summed E-state index contributed by atoms with van der Waals surface area (Å²) in [5.74, 6) is 0.355. The van der Waals surface area contributed by atoms with Crippen molar-refractivity contribution >= 4 is 16.3 Å². The lowest BCUT2D eigenvalue weighted by molar-refractivity contribution is -0.161. The number of benzene rings is 1. The van der Waals surface area contributed by atoms with Crippen molar-refractivity contribution in [2.45, 2.75) is 68.5 Å². The van der Waals surface area contributed by atoms with Gasteiger partial charge in [-0.3, -0.25) is 4.98 Å². The SMILES string of the molecule is CN(C)[C@H]1C[C@@]23CC[C@@]4(O2)C(=CCC2(C)C(c5ccc6ccncc6c5)=CC[C@H]24)C=C3[C@@H](O)C1O. The van der Waals surface area contributed by atoms with Gasteiger partial charge in [0.25, 0.3) is 0 Å². The van der Waals surface area contributed by atoms with Gasteiger partial charge < -0.3 is 19.8 Å². The molecule has 2 unspecified atom stereocenters. The third-order valence-corrected chi connectivity index (χ3v) is 10.0. The fraction of sp³-hybridized carbons (Fsp3) is 0.500. The molecule has 1 aromatic heterocycles. The lowest BCUT2D eigenvalue weighted by Gasteiger charge is -2.55. The Balaban J connectivity index is 1.30. The van der Waals surface area contributed by atoms with Crippen molar-refractivity contribution in [3.63, 3.8) is 0 Å². The van der Waals surface area contributed by atoms with Gasteiger partial charge in [-0.1, -0.05) is 37.3 Å². The molecule has 0 amide bonds.